The highest BCUT2D eigenvalue weighted by Gasteiger charge is 2.31. The lowest BCUT2D eigenvalue weighted by molar-refractivity contribution is -0.140. The molecule has 2 amide bonds. The van der Waals surface area contributed by atoms with Gasteiger partial charge in [-0.1, -0.05) is 91.6 Å². The molecule has 1 N–H and O–H groups in total. The van der Waals surface area contributed by atoms with E-state index in [1.165, 1.54) is 11.0 Å². The van der Waals surface area contributed by atoms with E-state index < -0.39 is 11.9 Å². The molecule has 0 saturated carbocycles. The number of carbonyl (C=O) groups is 2. The summed E-state index contributed by atoms with van der Waals surface area (Å²) in [6.45, 7) is 4.61. The van der Waals surface area contributed by atoms with E-state index in [4.69, 9.17) is 23.2 Å². The van der Waals surface area contributed by atoms with E-state index in [1.807, 2.05) is 44.2 Å². The third kappa shape index (κ3) is 7.81. The average molecular weight is 515 g/mol. The number of hydrogen-bond donors (Lipinski definition) is 1. The van der Waals surface area contributed by atoms with Crippen LogP contribution in [-0.2, 0) is 29.0 Å². The molecular weight excluding hydrogens is 486 g/mol. The molecule has 3 rings (SSSR count). The van der Waals surface area contributed by atoms with E-state index in [2.05, 4.69) is 5.32 Å². The van der Waals surface area contributed by atoms with Crippen LogP contribution >= 0.6 is 23.2 Å². The van der Waals surface area contributed by atoms with Crippen molar-refractivity contribution in [3.05, 3.63) is 105 Å². The molecule has 0 heterocycles. The third-order valence-electron chi connectivity index (χ3n) is 5.59. The Kier molecular flexibility index (Phi) is 9.70. The molecule has 3 aromatic carbocycles. The summed E-state index contributed by atoms with van der Waals surface area (Å²) in [6, 6.07) is 20.0. The Morgan fingerprint density at radius 1 is 0.914 bits per heavy atom. The standard InChI is InChI=1S/C28H29Cl2FN2O2/c1-19(2)17-32-28(35)26(15-20-8-4-3-5-9-20)33(18-21-12-13-23(29)24(30)14-21)27(34)16-22-10-6-7-11-25(22)31/h3-14,19,26H,15-18H2,1-2H3,(H,32,35). The lowest BCUT2D eigenvalue weighted by Gasteiger charge is -2.32. The number of hydrogen-bond acceptors (Lipinski definition) is 2. The van der Waals surface area contributed by atoms with Crippen LogP contribution in [0.25, 0.3) is 0 Å². The van der Waals surface area contributed by atoms with Crippen LogP contribution in [0.3, 0.4) is 0 Å². The summed E-state index contributed by atoms with van der Waals surface area (Å²) >= 11 is 12.3. The highest BCUT2D eigenvalue weighted by molar-refractivity contribution is 6.42. The Labute approximate surface area is 216 Å². The first kappa shape index (κ1) is 26.7. The third-order valence-corrected chi connectivity index (χ3v) is 6.33. The summed E-state index contributed by atoms with van der Waals surface area (Å²) in [4.78, 5) is 28.5. The van der Waals surface area contributed by atoms with Gasteiger partial charge in [0.15, 0.2) is 0 Å². The molecule has 35 heavy (non-hydrogen) atoms. The molecule has 4 nitrogen and oxygen atoms in total. The van der Waals surface area contributed by atoms with Crippen LogP contribution in [0, 0.1) is 11.7 Å². The summed E-state index contributed by atoms with van der Waals surface area (Å²) < 4.78 is 14.4. The van der Waals surface area contributed by atoms with Crippen molar-refractivity contribution in [3.63, 3.8) is 0 Å². The molecule has 3 aromatic rings. The molecule has 0 aromatic heterocycles. The fraction of sp³-hybridized carbons (Fsp3) is 0.286. The van der Waals surface area contributed by atoms with Gasteiger partial charge in [0.25, 0.3) is 0 Å². The highest BCUT2D eigenvalue weighted by atomic mass is 35.5. The van der Waals surface area contributed by atoms with Gasteiger partial charge in [0, 0.05) is 19.5 Å². The van der Waals surface area contributed by atoms with Crippen molar-refractivity contribution in [1.82, 2.24) is 10.2 Å². The van der Waals surface area contributed by atoms with Crippen molar-refractivity contribution in [3.8, 4) is 0 Å². The second-order valence-corrected chi connectivity index (χ2v) is 9.70. The molecule has 0 bridgehead atoms. The predicted octanol–water partition coefficient (Wildman–Crippen LogP) is 6.09. The van der Waals surface area contributed by atoms with Crippen molar-refractivity contribution in [1.29, 1.82) is 0 Å². The fourth-order valence-corrected chi connectivity index (χ4v) is 4.04. The molecule has 0 fully saturated rings. The van der Waals surface area contributed by atoms with Crippen LogP contribution in [0.1, 0.15) is 30.5 Å². The second-order valence-electron chi connectivity index (χ2n) is 8.88. The maximum Gasteiger partial charge on any atom is 0.243 e. The first-order valence-corrected chi connectivity index (χ1v) is 12.3. The minimum Gasteiger partial charge on any atom is -0.354 e. The average Bonchev–Trinajstić information content (AvgIpc) is 2.84. The number of carbonyl (C=O) groups excluding carboxylic acids is 2. The van der Waals surface area contributed by atoms with Gasteiger partial charge in [0.1, 0.15) is 11.9 Å². The Balaban J connectivity index is 1.98. The minimum absolute atomic E-state index is 0.122. The van der Waals surface area contributed by atoms with Crippen molar-refractivity contribution < 1.29 is 14.0 Å². The Morgan fingerprint density at radius 2 is 1.60 bits per heavy atom. The molecule has 0 saturated heterocycles. The van der Waals surface area contributed by atoms with E-state index in [0.717, 1.165) is 11.1 Å². The monoisotopic (exact) mass is 514 g/mol. The predicted molar refractivity (Wildman–Crippen MR) is 139 cm³/mol. The largest absolute Gasteiger partial charge is 0.354 e. The first-order chi connectivity index (χ1) is 16.7. The second kappa shape index (κ2) is 12.7. The zero-order chi connectivity index (χ0) is 25.4. The smallest absolute Gasteiger partial charge is 0.243 e. The molecule has 0 aliphatic carbocycles. The van der Waals surface area contributed by atoms with Gasteiger partial charge in [-0.25, -0.2) is 4.39 Å². The molecule has 0 spiro atoms. The summed E-state index contributed by atoms with van der Waals surface area (Å²) in [6.07, 6.45) is 0.145. The molecule has 184 valence electrons. The molecule has 0 aliphatic heterocycles. The van der Waals surface area contributed by atoms with Gasteiger partial charge < -0.3 is 10.2 Å². The molecule has 0 aliphatic rings. The fourth-order valence-electron chi connectivity index (χ4n) is 3.72. The van der Waals surface area contributed by atoms with Crippen LogP contribution in [0.15, 0.2) is 72.8 Å². The van der Waals surface area contributed by atoms with Gasteiger partial charge in [0.2, 0.25) is 11.8 Å². The summed E-state index contributed by atoms with van der Waals surface area (Å²) in [5, 5.41) is 3.72. The van der Waals surface area contributed by atoms with Gasteiger partial charge in [0.05, 0.1) is 16.5 Å². The van der Waals surface area contributed by atoms with Crippen LogP contribution in [0.4, 0.5) is 4.39 Å². The SMILES string of the molecule is CC(C)CNC(=O)C(Cc1ccccc1)N(Cc1ccc(Cl)c(Cl)c1)C(=O)Cc1ccccc1F. The van der Waals surface area contributed by atoms with Crippen molar-refractivity contribution in [2.75, 3.05) is 6.54 Å². The Hall–Kier alpha value is -2.89. The van der Waals surface area contributed by atoms with Gasteiger partial charge in [-0.3, -0.25) is 9.59 Å². The number of rotatable bonds is 10. The highest BCUT2D eigenvalue weighted by Crippen LogP contribution is 2.25. The first-order valence-electron chi connectivity index (χ1n) is 11.5. The Bertz CT molecular complexity index is 1150. The number of nitrogens with one attached hydrogen (secondary N) is 1. The van der Waals surface area contributed by atoms with E-state index in [1.54, 1.807) is 36.4 Å². The maximum absolute atomic E-state index is 14.4. The maximum atomic E-state index is 14.4. The summed E-state index contributed by atoms with van der Waals surface area (Å²) in [7, 11) is 0. The molecule has 0 radical (unpaired) electrons. The number of nitrogens with zero attached hydrogens (tertiary/aromatic N) is 1. The quantitative estimate of drug-likeness (QED) is 0.356. The van der Waals surface area contributed by atoms with E-state index in [0.29, 0.717) is 23.0 Å². The van der Waals surface area contributed by atoms with Crippen LogP contribution in [0.2, 0.25) is 10.0 Å². The number of benzene rings is 3. The number of amides is 2. The summed E-state index contributed by atoms with van der Waals surface area (Å²) in [5.41, 5.74) is 1.91. The van der Waals surface area contributed by atoms with Gasteiger partial charge in [-0.05, 0) is 40.8 Å². The van der Waals surface area contributed by atoms with Crippen LogP contribution in [0.5, 0.6) is 0 Å². The van der Waals surface area contributed by atoms with E-state index >= 15 is 0 Å². The zero-order valence-electron chi connectivity index (χ0n) is 19.8. The van der Waals surface area contributed by atoms with Crippen LogP contribution < -0.4 is 5.32 Å². The molecule has 1 atom stereocenters. The van der Waals surface area contributed by atoms with Gasteiger partial charge in [-0.15, -0.1) is 0 Å². The van der Waals surface area contributed by atoms with Crippen LogP contribution in [-0.4, -0.2) is 29.3 Å². The molecule has 1 unspecified atom stereocenters. The van der Waals surface area contributed by atoms with Gasteiger partial charge >= 0.3 is 0 Å². The van der Waals surface area contributed by atoms with Crippen molar-refractivity contribution >= 4 is 35.0 Å². The normalized spacial score (nSPS) is 11.8. The van der Waals surface area contributed by atoms with Crippen molar-refractivity contribution in [2.24, 2.45) is 5.92 Å². The topological polar surface area (TPSA) is 49.4 Å². The zero-order valence-corrected chi connectivity index (χ0v) is 21.3. The molecular formula is C28H29Cl2FN2O2. The Morgan fingerprint density at radius 3 is 2.26 bits per heavy atom. The lowest BCUT2D eigenvalue weighted by Crippen LogP contribution is -2.51. The van der Waals surface area contributed by atoms with Crippen molar-refractivity contribution in [2.45, 2.75) is 39.3 Å². The lowest BCUT2D eigenvalue weighted by atomic mass is 10.0. The van der Waals surface area contributed by atoms with Gasteiger partial charge in [-0.2, -0.15) is 0 Å². The minimum atomic E-state index is -0.801. The van der Waals surface area contributed by atoms with E-state index in [9.17, 15) is 14.0 Å². The molecule has 7 heteroatoms. The number of halogens is 3. The van der Waals surface area contributed by atoms with E-state index in [-0.39, 0.29) is 36.3 Å². The summed E-state index contributed by atoms with van der Waals surface area (Å²) in [5.74, 6) is -0.834.